The molecule has 1 aliphatic rings. The Morgan fingerprint density at radius 3 is 2.86 bits per heavy atom. The molecule has 0 atom stereocenters. The Balaban J connectivity index is 1.96. The Labute approximate surface area is 121 Å². The van der Waals surface area contributed by atoms with Crippen LogP contribution in [-0.2, 0) is 0 Å². The molecular formula is C15H15N5O. The Morgan fingerprint density at radius 1 is 1.24 bits per heavy atom. The summed E-state index contributed by atoms with van der Waals surface area (Å²) in [6.07, 6.45) is 5.94. The molecule has 0 amide bonds. The molecule has 3 heterocycles. The highest BCUT2D eigenvalue weighted by Gasteiger charge is 2.31. The molecule has 0 aromatic carbocycles. The van der Waals surface area contributed by atoms with Gasteiger partial charge in [0.05, 0.1) is 30.0 Å². The van der Waals surface area contributed by atoms with Crippen LogP contribution < -0.4 is 4.74 Å². The van der Waals surface area contributed by atoms with Crippen LogP contribution in [0, 0.1) is 6.92 Å². The van der Waals surface area contributed by atoms with Gasteiger partial charge in [0.15, 0.2) is 5.82 Å². The summed E-state index contributed by atoms with van der Waals surface area (Å²) in [5.74, 6) is 2.38. The number of aromatic nitrogens is 5. The van der Waals surface area contributed by atoms with Crippen LogP contribution >= 0.6 is 0 Å². The lowest BCUT2D eigenvalue weighted by Gasteiger charge is -2.12. The fraction of sp³-hybridized carbons (Fsp3) is 0.333. The third-order valence-electron chi connectivity index (χ3n) is 3.69. The fourth-order valence-electron chi connectivity index (χ4n) is 2.54. The van der Waals surface area contributed by atoms with Gasteiger partial charge in [0, 0.05) is 12.1 Å². The number of hydrogen-bond acceptors (Lipinski definition) is 5. The molecule has 0 bridgehead atoms. The van der Waals surface area contributed by atoms with E-state index in [2.05, 4.69) is 24.9 Å². The molecular weight excluding hydrogens is 266 g/mol. The number of methoxy groups -OCH3 is 1. The Hall–Kier alpha value is -2.50. The average molecular weight is 281 g/mol. The molecule has 0 saturated heterocycles. The lowest BCUT2D eigenvalue weighted by Crippen LogP contribution is -2.04. The van der Waals surface area contributed by atoms with E-state index in [9.17, 15) is 0 Å². The van der Waals surface area contributed by atoms with E-state index in [4.69, 9.17) is 4.74 Å². The highest BCUT2D eigenvalue weighted by Crippen LogP contribution is 2.45. The smallest absolute Gasteiger partial charge is 0.228 e. The maximum Gasteiger partial charge on any atom is 0.228 e. The van der Waals surface area contributed by atoms with Gasteiger partial charge in [0.2, 0.25) is 5.88 Å². The molecule has 1 aliphatic carbocycles. The fourth-order valence-corrected chi connectivity index (χ4v) is 2.54. The molecule has 21 heavy (non-hydrogen) atoms. The molecule has 3 aromatic rings. The van der Waals surface area contributed by atoms with E-state index in [1.807, 2.05) is 19.2 Å². The summed E-state index contributed by atoms with van der Waals surface area (Å²) in [4.78, 5) is 21.2. The summed E-state index contributed by atoms with van der Waals surface area (Å²) in [7, 11) is 1.62. The zero-order valence-electron chi connectivity index (χ0n) is 11.9. The quantitative estimate of drug-likeness (QED) is 0.798. The SMILES string of the molecule is COc1nc(C)nc(C2CC2)c1-c1ncc2[nH]ccc2n1. The van der Waals surface area contributed by atoms with Crippen molar-refractivity contribution >= 4 is 11.0 Å². The third kappa shape index (κ3) is 2.03. The number of fused-ring (bicyclic) bond motifs is 1. The molecule has 0 spiro atoms. The van der Waals surface area contributed by atoms with Crippen LogP contribution in [0.5, 0.6) is 5.88 Å². The normalized spacial score (nSPS) is 14.6. The van der Waals surface area contributed by atoms with E-state index < -0.39 is 0 Å². The number of hydrogen-bond donors (Lipinski definition) is 1. The largest absolute Gasteiger partial charge is 0.480 e. The maximum atomic E-state index is 5.45. The monoisotopic (exact) mass is 281 g/mol. The van der Waals surface area contributed by atoms with Gasteiger partial charge in [0.1, 0.15) is 11.4 Å². The lowest BCUT2D eigenvalue weighted by atomic mass is 10.1. The number of aryl methyl sites for hydroxylation is 1. The van der Waals surface area contributed by atoms with Gasteiger partial charge in [-0.3, -0.25) is 0 Å². The molecule has 106 valence electrons. The Morgan fingerprint density at radius 2 is 2.10 bits per heavy atom. The number of nitrogens with zero attached hydrogens (tertiary/aromatic N) is 4. The zero-order valence-corrected chi connectivity index (χ0v) is 11.9. The highest BCUT2D eigenvalue weighted by atomic mass is 16.5. The van der Waals surface area contributed by atoms with E-state index in [-0.39, 0.29) is 0 Å². The van der Waals surface area contributed by atoms with Crippen LogP contribution in [0.25, 0.3) is 22.4 Å². The van der Waals surface area contributed by atoms with Crippen molar-refractivity contribution in [2.75, 3.05) is 7.11 Å². The van der Waals surface area contributed by atoms with E-state index in [1.165, 1.54) is 0 Å². The average Bonchev–Trinajstić information content (AvgIpc) is 3.24. The van der Waals surface area contributed by atoms with E-state index >= 15 is 0 Å². The highest BCUT2D eigenvalue weighted by molar-refractivity contribution is 5.77. The summed E-state index contributed by atoms with van der Waals surface area (Å²) < 4.78 is 5.45. The minimum atomic E-state index is 0.473. The number of aromatic amines is 1. The molecule has 6 nitrogen and oxygen atoms in total. The van der Waals surface area contributed by atoms with Crippen molar-refractivity contribution in [1.82, 2.24) is 24.9 Å². The van der Waals surface area contributed by atoms with Gasteiger partial charge >= 0.3 is 0 Å². The molecule has 0 radical (unpaired) electrons. The third-order valence-corrected chi connectivity index (χ3v) is 3.69. The molecule has 4 rings (SSSR count). The van der Waals surface area contributed by atoms with Crippen molar-refractivity contribution in [2.24, 2.45) is 0 Å². The van der Waals surface area contributed by atoms with Crippen molar-refractivity contribution < 1.29 is 4.74 Å². The number of rotatable bonds is 3. The van der Waals surface area contributed by atoms with Gasteiger partial charge in [-0.15, -0.1) is 0 Å². The first-order valence-electron chi connectivity index (χ1n) is 6.99. The second-order valence-corrected chi connectivity index (χ2v) is 5.28. The van der Waals surface area contributed by atoms with E-state index in [0.717, 1.165) is 41.0 Å². The summed E-state index contributed by atoms with van der Waals surface area (Å²) in [5.41, 5.74) is 3.63. The van der Waals surface area contributed by atoms with Crippen molar-refractivity contribution in [3.8, 4) is 17.3 Å². The summed E-state index contributed by atoms with van der Waals surface area (Å²) in [6.45, 7) is 1.88. The van der Waals surface area contributed by atoms with Crippen molar-refractivity contribution in [2.45, 2.75) is 25.7 Å². The predicted octanol–water partition coefficient (Wildman–Crippen LogP) is 2.61. The standard InChI is InChI=1S/C15H15N5O/c1-8-18-13(9-3-4-9)12(15(19-8)21-2)14-17-7-11-10(20-14)5-6-16-11/h5-7,9,16H,3-4H2,1-2H3. The molecule has 1 fully saturated rings. The van der Waals surface area contributed by atoms with Crippen LogP contribution in [0.2, 0.25) is 0 Å². The maximum absolute atomic E-state index is 5.45. The van der Waals surface area contributed by atoms with Crippen LogP contribution in [0.3, 0.4) is 0 Å². The molecule has 3 aromatic heterocycles. The van der Waals surface area contributed by atoms with Gasteiger partial charge < -0.3 is 9.72 Å². The second kappa shape index (κ2) is 4.51. The lowest BCUT2D eigenvalue weighted by molar-refractivity contribution is 0.396. The topological polar surface area (TPSA) is 76.6 Å². The Bertz CT molecular complexity index is 822. The first kappa shape index (κ1) is 12.3. The zero-order chi connectivity index (χ0) is 14.4. The van der Waals surface area contributed by atoms with E-state index in [1.54, 1.807) is 13.3 Å². The molecule has 0 aliphatic heterocycles. The predicted molar refractivity (Wildman–Crippen MR) is 78.2 cm³/mol. The number of ether oxygens (including phenoxy) is 1. The Kier molecular flexibility index (Phi) is 2.63. The molecule has 0 unspecified atom stereocenters. The van der Waals surface area contributed by atoms with E-state index in [0.29, 0.717) is 17.6 Å². The van der Waals surface area contributed by atoms with Crippen molar-refractivity contribution in [1.29, 1.82) is 0 Å². The van der Waals surface area contributed by atoms with Crippen molar-refractivity contribution in [3.63, 3.8) is 0 Å². The van der Waals surface area contributed by atoms with Gasteiger partial charge in [-0.1, -0.05) is 0 Å². The number of nitrogens with one attached hydrogen (secondary N) is 1. The summed E-state index contributed by atoms with van der Waals surface area (Å²) in [5, 5.41) is 0. The molecule has 6 heteroatoms. The van der Waals surface area contributed by atoms with Gasteiger partial charge in [-0.25, -0.2) is 15.0 Å². The van der Waals surface area contributed by atoms with Crippen LogP contribution in [0.4, 0.5) is 0 Å². The first-order chi connectivity index (χ1) is 10.3. The minimum Gasteiger partial charge on any atom is -0.480 e. The molecule has 1 N–H and O–H groups in total. The van der Waals surface area contributed by atoms with Gasteiger partial charge in [-0.05, 0) is 25.8 Å². The van der Waals surface area contributed by atoms with Crippen LogP contribution in [0.15, 0.2) is 18.5 Å². The molecule has 1 saturated carbocycles. The summed E-state index contributed by atoms with van der Waals surface area (Å²) in [6, 6.07) is 1.93. The van der Waals surface area contributed by atoms with Crippen molar-refractivity contribution in [3.05, 3.63) is 30.0 Å². The van der Waals surface area contributed by atoms with Crippen LogP contribution in [-0.4, -0.2) is 32.0 Å². The first-order valence-corrected chi connectivity index (χ1v) is 6.99. The summed E-state index contributed by atoms with van der Waals surface area (Å²) >= 11 is 0. The van der Waals surface area contributed by atoms with Crippen LogP contribution in [0.1, 0.15) is 30.3 Å². The minimum absolute atomic E-state index is 0.473. The number of H-pyrrole nitrogens is 1. The van der Waals surface area contributed by atoms with Gasteiger partial charge in [-0.2, -0.15) is 4.98 Å². The second-order valence-electron chi connectivity index (χ2n) is 5.28. The van der Waals surface area contributed by atoms with Gasteiger partial charge in [0.25, 0.3) is 0 Å².